The summed E-state index contributed by atoms with van der Waals surface area (Å²) in [6.45, 7) is 1.51. The monoisotopic (exact) mass is 355 g/mol. The van der Waals surface area contributed by atoms with E-state index in [1.54, 1.807) is 18.4 Å². The lowest BCUT2D eigenvalue weighted by molar-refractivity contribution is -0.132. The van der Waals surface area contributed by atoms with Crippen LogP contribution in [0.3, 0.4) is 0 Å². The van der Waals surface area contributed by atoms with Crippen LogP contribution in [0.15, 0.2) is 39.7 Å². The standard InChI is InChI=1S/C18H21N5O3/c1-22-10-8-19-18(22)13-4-2-9-23(12-13)16(24)7-6-15-20-17(21-26-15)14-5-3-11-25-14/h3,5,8,10-11,13H,2,4,6-7,9,12H2,1H3. The Labute approximate surface area is 150 Å². The molecule has 1 aliphatic heterocycles. The zero-order chi connectivity index (χ0) is 17.9. The van der Waals surface area contributed by atoms with Crippen LogP contribution in [-0.4, -0.2) is 43.6 Å². The minimum absolute atomic E-state index is 0.113. The number of aromatic nitrogens is 4. The molecule has 0 spiro atoms. The number of likely N-dealkylation sites (tertiary alicyclic amines) is 1. The van der Waals surface area contributed by atoms with Crippen molar-refractivity contribution >= 4 is 5.91 Å². The number of aryl methyl sites for hydroxylation is 2. The van der Waals surface area contributed by atoms with Crippen molar-refractivity contribution in [2.24, 2.45) is 7.05 Å². The topological polar surface area (TPSA) is 90.2 Å². The van der Waals surface area contributed by atoms with Gasteiger partial charge in [0.1, 0.15) is 5.82 Å². The quantitative estimate of drug-likeness (QED) is 0.698. The number of furan rings is 1. The fraction of sp³-hybridized carbons (Fsp3) is 0.444. The summed E-state index contributed by atoms with van der Waals surface area (Å²) in [6, 6.07) is 3.54. The van der Waals surface area contributed by atoms with Gasteiger partial charge < -0.3 is 18.4 Å². The highest BCUT2D eigenvalue weighted by molar-refractivity contribution is 5.76. The molecule has 0 N–H and O–H groups in total. The zero-order valence-electron chi connectivity index (χ0n) is 14.7. The van der Waals surface area contributed by atoms with E-state index in [9.17, 15) is 4.79 Å². The van der Waals surface area contributed by atoms with Gasteiger partial charge in [-0.15, -0.1) is 0 Å². The molecular formula is C18H21N5O3. The summed E-state index contributed by atoms with van der Waals surface area (Å²) < 4.78 is 12.5. The average molecular weight is 355 g/mol. The largest absolute Gasteiger partial charge is 0.461 e. The molecule has 0 aliphatic carbocycles. The lowest BCUT2D eigenvalue weighted by atomic mass is 9.97. The van der Waals surface area contributed by atoms with Crippen LogP contribution in [0, 0.1) is 0 Å². The van der Waals surface area contributed by atoms with Gasteiger partial charge in [-0.2, -0.15) is 4.98 Å². The lowest BCUT2D eigenvalue weighted by Gasteiger charge is -2.32. The highest BCUT2D eigenvalue weighted by atomic mass is 16.5. The van der Waals surface area contributed by atoms with Crippen LogP contribution in [0.2, 0.25) is 0 Å². The number of hydrogen-bond donors (Lipinski definition) is 0. The molecule has 8 heteroatoms. The molecule has 4 rings (SSSR count). The Hall–Kier alpha value is -2.90. The van der Waals surface area contributed by atoms with E-state index < -0.39 is 0 Å². The van der Waals surface area contributed by atoms with Gasteiger partial charge in [0.05, 0.1) is 6.26 Å². The molecule has 0 saturated carbocycles. The van der Waals surface area contributed by atoms with Gasteiger partial charge in [-0.05, 0) is 25.0 Å². The molecule has 0 aromatic carbocycles. The van der Waals surface area contributed by atoms with Gasteiger partial charge >= 0.3 is 0 Å². The second-order valence-electron chi connectivity index (χ2n) is 6.56. The molecule has 4 heterocycles. The molecule has 3 aromatic rings. The Bertz CT molecular complexity index is 867. The van der Waals surface area contributed by atoms with E-state index in [-0.39, 0.29) is 5.91 Å². The van der Waals surface area contributed by atoms with Crippen LogP contribution in [0.1, 0.15) is 36.9 Å². The van der Waals surface area contributed by atoms with E-state index in [4.69, 9.17) is 8.94 Å². The molecule has 1 amide bonds. The van der Waals surface area contributed by atoms with E-state index in [1.165, 1.54) is 0 Å². The predicted octanol–water partition coefficient (Wildman–Crippen LogP) is 2.40. The molecule has 0 radical (unpaired) electrons. The third-order valence-electron chi connectivity index (χ3n) is 4.76. The van der Waals surface area contributed by atoms with Crippen LogP contribution >= 0.6 is 0 Å². The third kappa shape index (κ3) is 3.40. The van der Waals surface area contributed by atoms with Crippen LogP contribution in [-0.2, 0) is 18.3 Å². The van der Waals surface area contributed by atoms with Crippen molar-refractivity contribution in [3.8, 4) is 11.6 Å². The summed E-state index contributed by atoms with van der Waals surface area (Å²) in [5.74, 6) is 2.86. The van der Waals surface area contributed by atoms with E-state index in [0.717, 1.165) is 25.2 Å². The van der Waals surface area contributed by atoms with Crippen molar-refractivity contribution in [2.75, 3.05) is 13.1 Å². The van der Waals surface area contributed by atoms with Crippen molar-refractivity contribution in [1.82, 2.24) is 24.6 Å². The summed E-state index contributed by atoms with van der Waals surface area (Å²) in [6.07, 6.45) is 8.15. The SMILES string of the molecule is Cn1ccnc1C1CCCN(C(=O)CCc2nc(-c3ccco3)no2)C1. The number of hydrogen-bond acceptors (Lipinski definition) is 6. The minimum atomic E-state index is 0.113. The number of rotatable bonds is 5. The number of piperidine rings is 1. The van der Waals surface area contributed by atoms with E-state index in [1.807, 2.05) is 28.9 Å². The maximum atomic E-state index is 12.6. The fourth-order valence-electron chi connectivity index (χ4n) is 3.42. The molecule has 136 valence electrons. The zero-order valence-corrected chi connectivity index (χ0v) is 14.7. The van der Waals surface area contributed by atoms with Gasteiger partial charge in [0.25, 0.3) is 0 Å². The van der Waals surface area contributed by atoms with Crippen molar-refractivity contribution in [3.63, 3.8) is 0 Å². The van der Waals surface area contributed by atoms with Crippen LogP contribution in [0.4, 0.5) is 0 Å². The lowest BCUT2D eigenvalue weighted by Crippen LogP contribution is -2.39. The fourth-order valence-corrected chi connectivity index (χ4v) is 3.42. The Morgan fingerprint density at radius 1 is 1.42 bits per heavy atom. The van der Waals surface area contributed by atoms with E-state index in [2.05, 4.69) is 15.1 Å². The van der Waals surface area contributed by atoms with E-state index >= 15 is 0 Å². The highest BCUT2D eigenvalue weighted by Crippen LogP contribution is 2.26. The van der Waals surface area contributed by atoms with Crippen molar-refractivity contribution in [3.05, 3.63) is 42.5 Å². The first-order valence-corrected chi connectivity index (χ1v) is 8.82. The number of carbonyl (C=O) groups excluding carboxylic acids is 1. The van der Waals surface area contributed by atoms with Crippen LogP contribution < -0.4 is 0 Å². The highest BCUT2D eigenvalue weighted by Gasteiger charge is 2.27. The molecule has 0 bridgehead atoms. The number of carbonyl (C=O) groups is 1. The molecule has 1 fully saturated rings. The van der Waals surface area contributed by atoms with Crippen molar-refractivity contribution in [1.29, 1.82) is 0 Å². The molecule has 1 atom stereocenters. The second-order valence-corrected chi connectivity index (χ2v) is 6.56. The van der Waals surface area contributed by atoms with Gasteiger partial charge in [-0.3, -0.25) is 4.79 Å². The van der Waals surface area contributed by atoms with Crippen molar-refractivity contribution in [2.45, 2.75) is 31.6 Å². The van der Waals surface area contributed by atoms with Gasteiger partial charge in [0.15, 0.2) is 5.76 Å². The van der Waals surface area contributed by atoms with Gasteiger partial charge in [0.2, 0.25) is 17.6 Å². The maximum Gasteiger partial charge on any atom is 0.238 e. The van der Waals surface area contributed by atoms with E-state index in [0.29, 0.717) is 42.8 Å². The Morgan fingerprint density at radius 2 is 2.35 bits per heavy atom. The summed E-state index contributed by atoms with van der Waals surface area (Å²) in [4.78, 5) is 23.2. The summed E-state index contributed by atoms with van der Waals surface area (Å²) in [5, 5.41) is 3.89. The molecule has 3 aromatic heterocycles. The smallest absolute Gasteiger partial charge is 0.238 e. The summed E-state index contributed by atoms with van der Waals surface area (Å²) in [5.41, 5.74) is 0. The Kier molecular flexibility index (Phi) is 4.55. The first-order chi connectivity index (χ1) is 12.7. The minimum Gasteiger partial charge on any atom is -0.461 e. The summed E-state index contributed by atoms with van der Waals surface area (Å²) in [7, 11) is 2.00. The molecular weight excluding hydrogens is 334 g/mol. The second kappa shape index (κ2) is 7.15. The number of amides is 1. The average Bonchev–Trinajstić information content (AvgIpc) is 3.40. The first kappa shape index (κ1) is 16.6. The van der Waals surface area contributed by atoms with Crippen LogP contribution in [0.5, 0.6) is 0 Å². The number of nitrogens with zero attached hydrogens (tertiary/aromatic N) is 5. The normalized spacial score (nSPS) is 17.6. The summed E-state index contributed by atoms with van der Waals surface area (Å²) >= 11 is 0. The van der Waals surface area contributed by atoms with Gasteiger partial charge in [-0.1, -0.05) is 5.16 Å². The Morgan fingerprint density at radius 3 is 3.12 bits per heavy atom. The molecule has 26 heavy (non-hydrogen) atoms. The van der Waals surface area contributed by atoms with Gasteiger partial charge in [-0.25, -0.2) is 4.98 Å². The molecule has 8 nitrogen and oxygen atoms in total. The molecule has 1 saturated heterocycles. The molecule has 1 aliphatic rings. The number of imidazole rings is 1. The van der Waals surface area contributed by atoms with Crippen molar-refractivity contribution < 1.29 is 13.7 Å². The van der Waals surface area contributed by atoms with Gasteiger partial charge in [0, 0.05) is 51.3 Å². The maximum absolute atomic E-state index is 12.6. The third-order valence-corrected chi connectivity index (χ3v) is 4.76. The first-order valence-electron chi connectivity index (χ1n) is 8.82. The Balaban J connectivity index is 1.34. The molecule has 1 unspecified atom stereocenters. The predicted molar refractivity (Wildman–Crippen MR) is 92.1 cm³/mol. The van der Waals surface area contributed by atoms with Crippen LogP contribution in [0.25, 0.3) is 11.6 Å².